The van der Waals surface area contributed by atoms with Gasteiger partial charge in [-0.25, -0.2) is 13.1 Å². The summed E-state index contributed by atoms with van der Waals surface area (Å²) in [4.78, 5) is 11.1. The van der Waals surface area contributed by atoms with Crippen molar-refractivity contribution >= 4 is 16.0 Å². The summed E-state index contributed by atoms with van der Waals surface area (Å²) in [5.41, 5.74) is 2.41. The monoisotopic (exact) mass is 391 g/mol. The van der Waals surface area contributed by atoms with Crippen LogP contribution < -0.4 is 9.46 Å². The molecule has 0 aliphatic heterocycles. The minimum atomic E-state index is -3.89. The number of rotatable bonds is 9. The number of carboxylic acids is 1. The summed E-state index contributed by atoms with van der Waals surface area (Å²) in [5, 5.41) is 9.00. The zero-order valence-electron chi connectivity index (χ0n) is 15.7. The van der Waals surface area contributed by atoms with Gasteiger partial charge in [-0.05, 0) is 49.4 Å². The highest BCUT2D eigenvalue weighted by Gasteiger charge is 2.26. The number of carbonyl (C=O) groups is 1. The van der Waals surface area contributed by atoms with Crippen LogP contribution in [0.1, 0.15) is 29.5 Å². The number of ether oxygens (including phenoxy) is 1. The van der Waals surface area contributed by atoms with Gasteiger partial charge in [-0.3, -0.25) is 4.79 Å². The molecule has 0 saturated heterocycles. The van der Waals surface area contributed by atoms with E-state index < -0.39 is 22.0 Å². The number of sulfonamides is 1. The molecule has 0 heterocycles. The summed E-state index contributed by atoms with van der Waals surface area (Å²) in [6.07, 6.45) is 0.474. The first-order chi connectivity index (χ1) is 12.7. The van der Waals surface area contributed by atoms with E-state index in [1.165, 1.54) is 7.11 Å². The molecule has 2 aromatic carbocycles. The Morgan fingerprint density at radius 3 is 2.44 bits per heavy atom. The third-order valence-corrected chi connectivity index (χ3v) is 5.93. The molecule has 0 aromatic heterocycles. The van der Waals surface area contributed by atoms with Gasteiger partial charge < -0.3 is 9.84 Å². The molecule has 0 radical (unpaired) electrons. The highest BCUT2D eigenvalue weighted by Crippen LogP contribution is 2.29. The second kappa shape index (κ2) is 9.01. The highest BCUT2D eigenvalue weighted by molar-refractivity contribution is 7.89. The molecule has 2 rings (SSSR count). The lowest BCUT2D eigenvalue weighted by Crippen LogP contribution is -2.37. The van der Waals surface area contributed by atoms with Gasteiger partial charge >= 0.3 is 5.97 Å². The average molecular weight is 391 g/mol. The van der Waals surface area contributed by atoms with Crippen LogP contribution in [0.25, 0.3) is 0 Å². The number of carboxylic acid groups (broad SMARTS) is 1. The molecule has 0 amide bonds. The van der Waals surface area contributed by atoms with E-state index in [0.717, 1.165) is 11.1 Å². The third-order valence-electron chi connectivity index (χ3n) is 4.23. The van der Waals surface area contributed by atoms with Crippen LogP contribution in [0.2, 0.25) is 0 Å². The van der Waals surface area contributed by atoms with E-state index in [0.29, 0.717) is 12.0 Å². The van der Waals surface area contributed by atoms with Crippen LogP contribution in [-0.4, -0.2) is 32.6 Å². The molecule has 0 aliphatic carbocycles. The van der Waals surface area contributed by atoms with Crippen molar-refractivity contribution in [2.45, 2.75) is 44.0 Å². The maximum Gasteiger partial charge on any atom is 0.303 e. The topological polar surface area (TPSA) is 92.7 Å². The van der Waals surface area contributed by atoms with E-state index in [-0.39, 0.29) is 23.5 Å². The van der Waals surface area contributed by atoms with Crippen molar-refractivity contribution in [3.63, 3.8) is 0 Å². The van der Waals surface area contributed by atoms with Crippen LogP contribution in [-0.2, 0) is 21.2 Å². The number of hydrogen-bond acceptors (Lipinski definition) is 4. The zero-order chi connectivity index (χ0) is 20.0. The molecule has 0 bridgehead atoms. The Kier molecular flexibility index (Phi) is 6.98. The molecule has 2 N–H and O–H groups in total. The fourth-order valence-electron chi connectivity index (χ4n) is 3.09. The van der Waals surface area contributed by atoms with Gasteiger partial charge in [0, 0.05) is 12.5 Å². The fraction of sp³-hybridized carbons (Fsp3) is 0.350. The molecule has 1 atom stereocenters. The van der Waals surface area contributed by atoms with Crippen molar-refractivity contribution < 1.29 is 23.1 Å². The van der Waals surface area contributed by atoms with E-state index in [9.17, 15) is 13.2 Å². The number of benzene rings is 2. The second-order valence-corrected chi connectivity index (χ2v) is 8.20. The van der Waals surface area contributed by atoms with Gasteiger partial charge in [0.2, 0.25) is 10.0 Å². The first-order valence-electron chi connectivity index (χ1n) is 8.66. The number of methoxy groups -OCH3 is 1. The van der Waals surface area contributed by atoms with Gasteiger partial charge in [-0.15, -0.1) is 0 Å². The third kappa shape index (κ3) is 5.80. The molecular weight excluding hydrogens is 366 g/mol. The van der Waals surface area contributed by atoms with E-state index in [2.05, 4.69) is 4.72 Å². The summed E-state index contributed by atoms with van der Waals surface area (Å²) >= 11 is 0. The van der Waals surface area contributed by atoms with Crippen molar-refractivity contribution in [2.24, 2.45) is 0 Å². The Morgan fingerprint density at radius 2 is 1.85 bits per heavy atom. The van der Waals surface area contributed by atoms with E-state index >= 15 is 0 Å². The minimum Gasteiger partial charge on any atom is -0.495 e. The summed E-state index contributed by atoms with van der Waals surface area (Å²) in [6.45, 7) is 3.58. The van der Waals surface area contributed by atoms with Gasteiger partial charge in [0.1, 0.15) is 10.6 Å². The zero-order valence-corrected chi connectivity index (χ0v) is 16.5. The number of nitrogens with one attached hydrogen (secondary N) is 1. The van der Waals surface area contributed by atoms with Crippen molar-refractivity contribution in [2.75, 3.05) is 7.11 Å². The van der Waals surface area contributed by atoms with Gasteiger partial charge in [0.05, 0.1) is 7.11 Å². The van der Waals surface area contributed by atoms with E-state index in [1.54, 1.807) is 19.1 Å². The van der Waals surface area contributed by atoms with Crippen LogP contribution in [0.3, 0.4) is 0 Å². The second-order valence-electron chi connectivity index (χ2n) is 6.55. The SMILES string of the molecule is COc1cc(C)cc(C)c1S(=O)(=O)NC(CCC(=O)O)Cc1ccccc1. The van der Waals surface area contributed by atoms with Crippen molar-refractivity contribution in [1.29, 1.82) is 0 Å². The van der Waals surface area contributed by atoms with Gasteiger partial charge in [0.25, 0.3) is 0 Å². The molecular formula is C20H25NO5S. The maximum atomic E-state index is 13.1. The Morgan fingerprint density at radius 1 is 1.19 bits per heavy atom. The molecule has 1 unspecified atom stereocenters. The average Bonchev–Trinajstić information content (AvgIpc) is 2.59. The number of aliphatic carboxylic acids is 1. The van der Waals surface area contributed by atoms with Crippen molar-refractivity contribution in [3.05, 3.63) is 59.2 Å². The molecule has 2 aromatic rings. The van der Waals surface area contributed by atoms with E-state index in [4.69, 9.17) is 9.84 Å². The predicted molar refractivity (Wildman–Crippen MR) is 104 cm³/mol. The molecule has 0 aliphatic rings. The Hall–Kier alpha value is -2.38. The standard InChI is InChI=1S/C20H25NO5S/c1-14-11-15(2)20(18(12-14)26-3)27(24,25)21-17(9-10-19(22)23)13-16-7-5-4-6-8-16/h4-8,11-12,17,21H,9-10,13H2,1-3H3,(H,22,23). The summed E-state index contributed by atoms with van der Waals surface area (Å²) in [5.74, 6) is -0.687. The quantitative estimate of drug-likeness (QED) is 0.685. The predicted octanol–water partition coefficient (Wildman–Crippen LogP) is 3.07. The number of hydrogen-bond donors (Lipinski definition) is 2. The summed E-state index contributed by atoms with van der Waals surface area (Å²) < 4.78 is 34.1. The lowest BCUT2D eigenvalue weighted by atomic mass is 10.0. The first kappa shape index (κ1) is 20.9. The maximum absolute atomic E-state index is 13.1. The molecule has 0 saturated carbocycles. The van der Waals surface area contributed by atoms with Gasteiger partial charge in [-0.1, -0.05) is 36.4 Å². The van der Waals surface area contributed by atoms with Gasteiger partial charge in [-0.2, -0.15) is 0 Å². The normalized spacial score (nSPS) is 12.6. The Balaban J connectivity index is 2.33. The molecule has 27 heavy (non-hydrogen) atoms. The highest BCUT2D eigenvalue weighted by atomic mass is 32.2. The fourth-order valence-corrected chi connectivity index (χ4v) is 4.74. The lowest BCUT2D eigenvalue weighted by Gasteiger charge is -2.20. The van der Waals surface area contributed by atoms with Crippen LogP contribution in [0.15, 0.2) is 47.4 Å². The first-order valence-corrected chi connectivity index (χ1v) is 10.1. The Labute approximate surface area is 160 Å². The summed E-state index contributed by atoms with van der Waals surface area (Å²) in [6, 6.07) is 12.3. The molecule has 146 valence electrons. The van der Waals surface area contributed by atoms with Crippen LogP contribution in [0.4, 0.5) is 0 Å². The van der Waals surface area contributed by atoms with E-state index in [1.807, 2.05) is 37.3 Å². The molecule has 0 spiro atoms. The van der Waals surface area contributed by atoms with Crippen LogP contribution in [0.5, 0.6) is 5.75 Å². The van der Waals surface area contributed by atoms with Crippen LogP contribution >= 0.6 is 0 Å². The van der Waals surface area contributed by atoms with Gasteiger partial charge in [0.15, 0.2) is 0 Å². The largest absolute Gasteiger partial charge is 0.495 e. The smallest absolute Gasteiger partial charge is 0.303 e. The molecule has 7 heteroatoms. The van der Waals surface area contributed by atoms with Crippen LogP contribution in [0, 0.1) is 13.8 Å². The van der Waals surface area contributed by atoms with Crippen molar-refractivity contribution in [1.82, 2.24) is 4.72 Å². The minimum absolute atomic E-state index is 0.0870. The van der Waals surface area contributed by atoms with Crippen molar-refractivity contribution in [3.8, 4) is 5.75 Å². The lowest BCUT2D eigenvalue weighted by molar-refractivity contribution is -0.137. The molecule has 0 fully saturated rings. The Bertz CT molecular complexity index is 894. The summed E-state index contributed by atoms with van der Waals surface area (Å²) in [7, 11) is -2.46. The number of aryl methyl sites for hydroxylation is 2. The molecule has 6 nitrogen and oxygen atoms in total.